The summed E-state index contributed by atoms with van der Waals surface area (Å²) < 4.78 is 2.15. The van der Waals surface area contributed by atoms with E-state index in [0.29, 0.717) is 5.82 Å². The zero-order valence-corrected chi connectivity index (χ0v) is 27.2. The molecule has 0 bridgehead atoms. The van der Waals surface area contributed by atoms with Crippen molar-refractivity contribution < 1.29 is 0 Å². The predicted octanol–water partition coefficient (Wildman–Crippen LogP) is 10.1. The molecule has 6 heterocycles. The Morgan fingerprint density at radius 3 is 2.04 bits per heavy atom. The van der Waals surface area contributed by atoms with Crippen LogP contribution in [0.4, 0.5) is 0 Å². The van der Waals surface area contributed by atoms with Gasteiger partial charge in [-0.2, -0.15) is 0 Å². The molecule has 0 saturated carbocycles. The molecule has 0 fully saturated rings. The highest BCUT2D eigenvalue weighted by atomic mass is 15.1. The fraction of sp³-hybridized carbons (Fsp3) is 0. The number of fused-ring (bicyclic) bond motifs is 6. The topological polar surface area (TPSA) is 82.3 Å². The lowest BCUT2D eigenvalue weighted by molar-refractivity contribution is 1.05. The van der Waals surface area contributed by atoms with E-state index >= 15 is 0 Å². The second kappa shape index (κ2) is 11.8. The molecule has 0 N–H and O–H groups in total. The van der Waals surface area contributed by atoms with Gasteiger partial charge in [-0.25, -0.2) is 19.9 Å². The summed E-state index contributed by atoms with van der Waals surface area (Å²) in [6.45, 7) is 0. The zero-order chi connectivity index (χ0) is 33.7. The van der Waals surface area contributed by atoms with Crippen molar-refractivity contribution in [2.75, 3.05) is 0 Å². The van der Waals surface area contributed by atoms with Gasteiger partial charge in [0.15, 0.2) is 11.6 Å². The first-order valence-electron chi connectivity index (χ1n) is 16.8. The SMILES string of the molecule is c1ccc(-c2cncc(-c3nc(-n4c5ccccc5c5cccnc54)c4ccc5ccc(-c6cc(-c7ccccc7)ccn6)nc5c4n3)c2)cc1. The molecule has 0 atom stereocenters. The first-order chi connectivity index (χ1) is 25.3. The number of hydrogen-bond donors (Lipinski definition) is 0. The standard InChI is InChI=1S/C44H27N7/c1-3-10-28(11-4-1)31-21-23-46-38(25-31)37-20-18-30-17-19-36-41(40(30)48-37)49-42(33-24-32(26-45-27-33)29-12-5-2-6-13-29)50-44(36)51-39-16-8-7-14-34(39)35-15-9-22-47-43(35)51/h1-27H. The molecule has 0 aliphatic rings. The fourth-order valence-electron chi connectivity index (χ4n) is 6.94. The Labute approximate surface area is 292 Å². The van der Waals surface area contributed by atoms with E-state index in [-0.39, 0.29) is 0 Å². The van der Waals surface area contributed by atoms with Crippen LogP contribution in [0.25, 0.3) is 94.6 Å². The highest BCUT2D eigenvalue weighted by Gasteiger charge is 2.20. The molecule has 7 heteroatoms. The molecule has 10 aromatic rings. The molecule has 0 aliphatic heterocycles. The molecule has 238 valence electrons. The smallest absolute Gasteiger partial charge is 0.163 e. The number of nitrogens with zero attached hydrogens (tertiary/aromatic N) is 7. The Hall–Kier alpha value is -7.12. The molecular formula is C44H27N7. The van der Waals surface area contributed by atoms with Crippen LogP contribution in [0.5, 0.6) is 0 Å². The Morgan fingerprint density at radius 1 is 0.431 bits per heavy atom. The maximum atomic E-state index is 5.31. The van der Waals surface area contributed by atoms with E-state index < -0.39 is 0 Å². The first kappa shape index (κ1) is 28.9. The van der Waals surface area contributed by atoms with Gasteiger partial charge in [0.25, 0.3) is 0 Å². The van der Waals surface area contributed by atoms with E-state index in [0.717, 1.165) is 88.8 Å². The van der Waals surface area contributed by atoms with Gasteiger partial charge in [0.2, 0.25) is 0 Å². The summed E-state index contributed by atoms with van der Waals surface area (Å²) in [5.74, 6) is 1.27. The third-order valence-corrected chi connectivity index (χ3v) is 9.38. The van der Waals surface area contributed by atoms with E-state index in [4.69, 9.17) is 24.9 Å². The summed E-state index contributed by atoms with van der Waals surface area (Å²) in [6, 6.07) is 47.5. The van der Waals surface area contributed by atoms with E-state index in [1.54, 1.807) is 0 Å². The third kappa shape index (κ3) is 4.90. The van der Waals surface area contributed by atoms with E-state index in [1.807, 2.05) is 79.4 Å². The molecule has 0 spiro atoms. The average molecular weight is 654 g/mol. The second-order valence-electron chi connectivity index (χ2n) is 12.5. The number of aromatic nitrogens is 7. The number of rotatable bonds is 5. The summed E-state index contributed by atoms with van der Waals surface area (Å²) in [4.78, 5) is 30.1. The Morgan fingerprint density at radius 2 is 1.18 bits per heavy atom. The highest BCUT2D eigenvalue weighted by molar-refractivity contribution is 6.11. The van der Waals surface area contributed by atoms with Gasteiger partial charge >= 0.3 is 0 Å². The summed E-state index contributed by atoms with van der Waals surface area (Å²) >= 11 is 0. The van der Waals surface area contributed by atoms with Crippen molar-refractivity contribution in [2.45, 2.75) is 0 Å². The summed E-state index contributed by atoms with van der Waals surface area (Å²) in [5.41, 5.74) is 9.96. The molecule has 10 rings (SSSR count). The van der Waals surface area contributed by atoms with Gasteiger partial charge in [0.05, 0.1) is 22.4 Å². The second-order valence-corrected chi connectivity index (χ2v) is 12.5. The molecule has 51 heavy (non-hydrogen) atoms. The van der Waals surface area contributed by atoms with Crippen molar-refractivity contribution in [2.24, 2.45) is 0 Å². The molecule has 0 saturated heterocycles. The van der Waals surface area contributed by atoms with Crippen LogP contribution in [0.1, 0.15) is 0 Å². The minimum absolute atomic E-state index is 0.550. The van der Waals surface area contributed by atoms with E-state index in [1.165, 1.54) is 0 Å². The van der Waals surface area contributed by atoms with Gasteiger partial charge in [-0.05, 0) is 65.2 Å². The molecule has 0 unspecified atom stereocenters. The molecule has 0 aliphatic carbocycles. The van der Waals surface area contributed by atoms with Crippen molar-refractivity contribution in [3.05, 3.63) is 164 Å². The van der Waals surface area contributed by atoms with Gasteiger partial charge in [0.1, 0.15) is 11.2 Å². The van der Waals surface area contributed by atoms with Crippen molar-refractivity contribution in [1.82, 2.24) is 34.5 Å². The predicted molar refractivity (Wildman–Crippen MR) is 204 cm³/mol. The number of pyridine rings is 4. The lowest BCUT2D eigenvalue weighted by Crippen LogP contribution is -2.04. The van der Waals surface area contributed by atoms with Crippen molar-refractivity contribution in [1.29, 1.82) is 0 Å². The van der Waals surface area contributed by atoms with Gasteiger partial charge < -0.3 is 0 Å². The van der Waals surface area contributed by atoms with Crippen molar-refractivity contribution in [3.8, 4) is 50.8 Å². The van der Waals surface area contributed by atoms with Crippen molar-refractivity contribution >= 4 is 43.7 Å². The first-order valence-corrected chi connectivity index (χ1v) is 16.8. The van der Waals surface area contributed by atoms with Crippen LogP contribution in [0.15, 0.2) is 164 Å². The fourth-order valence-corrected chi connectivity index (χ4v) is 6.94. The van der Waals surface area contributed by atoms with Crippen LogP contribution >= 0.6 is 0 Å². The minimum Gasteiger partial charge on any atom is -0.277 e. The molecule has 0 radical (unpaired) electrons. The number of benzene rings is 4. The van der Waals surface area contributed by atoms with Gasteiger partial charge in [-0.15, -0.1) is 0 Å². The monoisotopic (exact) mass is 653 g/mol. The molecule has 7 nitrogen and oxygen atoms in total. The maximum Gasteiger partial charge on any atom is 0.163 e. The summed E-state index contributed by atoms with van der Waals surface area (Å²) in [7, 11) is 0. The van der Waals surface area contributed by atoms with Crippen LogP contribution in [0.3, 0.4) is 0 Å². The van der Waals surface area contributed by atoms with Crippen LogP contribution in [-0.2, 0) is 0 Å². The Bertz CT molecular complexity index is 2870. The minimum atomic E-state index is 0.550. The van der Waals surface area contributed by atoms with Gasteiger partial charge in [0, 0.05) is 57.5 Å². The highest BCUT2D eigenvalue weighted by Crippen LogP contribution is 2.36. The van der Waals surface area contributed by atoms with Crippen LogP contribution in [0.2, 0.25) is 0 Å². The Kier molecular flexibility index (Phi) is 6.67. The largest absolute Gasteiger partial charge is 0.277 e. The number of hydrogen-bond acceptors (Lipinski definition) is 6. The zero-order valence-electron chi connectivity index (χ0n) is 27.2. The van der Waals surface area contributed by atoms with E-state index in [9.17, 15) is 0 Å². The molecule has 4 aromatic carbocycles. The average Bonchev–Trinajstić information content (AvgIpc) is 3.55. The summed E-state index contributed by atoms with van der Waals surface area (Å²) in [6.07, 6.45) is 7.37. The van der Waals surface area contributed by atoms with Gasteiger partial charge in [-0.1, -0.05) is 91.0 Å². The molecule has 0 amide bonds. The van der Waals surface area contributed by atoms with Crippen molar-refractivity contribution in [3.63, 3.8) is 0 Å². The van der Waals surface area contributed by atoms with Gasteiger partial charge in [-0.3, -0.25) is 14.5 Å². The van der Waals surface area contributed by atoms with Crippen LogP contribution < -0.4 is 0 Å². The Balaban J connectivity index is 1.25. The lowest BCUT2D eigenvalue weighted by atomic mass is 10.0. The maximum absolute atomic E-state index is 5.31. The summed E-state index contributed by atoms with van der Waals surface area (Å²) in [5, 5.41) is 3.99. The normalized spacial score (nSPS) is 11.5. The third-order valence-electron chi connectivity index (χ3n) is 9.38. The number of para-hydroxylation sites is 1. The lowest BCUT2D eigenvalue weighted by Gasteiger charge is -2.14. The van der Waals surface area contributed by atoms with Crippen LogP contribution in [-0.4, -0.2) is 34.5 Å². The molecular weight excluding hydrogens is 627 g/mol. The van der Waals surface area contributed by atoms with E-state index in [2.05, 4.69) is 94.5 Å². The molecule has 6 aromatic heterocycles. The quantitative estimate of drug-likeness (QED) is 0.172. The van der Waals surface area contributed by atoms with Crippen LogP contribution in [0, 0.1) is 0 Å².